The molecule has 184 valence electrons. The van der Waals surface area contributed by atoms with E-state index in [0.717, 1.165) is 38.3 Å². The fourth-order valence-electron chi connectivity index (χ4n) is 4.72. The fourth-order valence-corrected chi connectivity index (χ4v) is 5.72. The van der Waals surface area contributed by atoms with Gasteiger partial charge in [0.25, 0.3) is 0 Å². The molecule has 0 fully saturated rings. The first kappa shape index (κ1) is 23.1. The maximum absolute atomic E-state index is 5.03. The van der Waals surface area contributed by atoms with Gasteiger partial charge in [0.15, 0.2) is 17.5 Å². The van der Waals surface area contributed by atoms with E-state index in [1.54, 1.807) is 17.5 Å². The van der Waals surface area contributed by atoms with E-state index in [9.17, 15) is 0 Å². The minimum absolute atomic E-state index is 0.646. The minimum atomic E-state index is 0.646. The molecule has 39 heavy (non-hydrogen) atoms. The number of nitrogens with zero attached hydrogens (tertiary/aromatic N) is 4. The standard InChI is InChI=1S/C34H22N4S/c1-2-9-24(10-3-1)28-13-5-6-14-29(28)33-36-32(25-18-16-23(17-19-25)27-12-8-20-35-22-27)37-34(38-33)31-21-26-11-4-7-15-30(26)39-31/h1-22H. The molecule has 0 unspecified atom stereocenters. The van der Waals surface area contributed by atoms with Gasteiger partial charge >= 0.3 is 0 Å². The summed E-state index contributed by atoms with van der Waals surface area (Å²) >= 11 is 1.70. The first-order chi connectivity index (χ1) is 19.3. The molecular formula is C34H22N4S. The van der Waals surface area contributed by atoms with Crippen molar-refractivity contribution in [3.63, 3.8) is 0 Å². The van der Waals surface area contributed by atoms with Crippen LogP contribution in [0.25, 0.3) is 65.8 Å². The number of hydrogen-bond donors (Lipinski definition) is 0. The van der Waals surface area contributed by atoms with E-state index in [4.69, 9.17) is 15.0 Å². The molecule has 0 aliphatic carbocycles. The van der Waals surface area contributed by atoms with Gasteiger partial charge in [-0.15, -0.1) is 11.3 Å². The van der Waals surface area contributed by atoms with E-state index in [0.29, 0.717) is 17.5 Å². The molecule has 0 saturated heterocycles. The minimum Gasteiger partial charge on any atom is -0.264 e. The number of aromatic nitrogens is 4. The van der Waals surface area contributed by atoms with Crippen LogP contribution in [0.15, 0.2) is 134 Å². The maximum Gasteiger partial charge on any atom is 0.174 e. The van der Waals surface area contributed by atoms with Crippen LogP contribution >= 0.6 is 11.3 Å². The smallest absolute Gasteiger partial charge is 0.174 e. The van der Waals surface area contributed by atoms with E-state index < -0.39 is 0 Å². The molecule has 7 aromatic rings. The van der Waals surface area contributed by atoms with Gasteiger partial charge in [0, 0.05) is 28.2 Å². The van der Waals surface area contributed by atoms with Gasteiger partial charge in [0.1, 0.15) is 0 Å². The number of thiophene rings is 1. The SMILES string of the molecule is c1ccc(-c2ccccc2-c2nc(-c3ccc(-c4cccnc4)cc3)nc(-c3cc4ccccc4s3)n2)cc1. The molecule has 0 amide bonds. The van der Waals surface area contributed by atoms with Crippen molar-refractivity contribution in [2.24, 2.45) is 0 Å². The monoisotopic (exact) mass is 518 g/mol. The predicted molar refractivity (Wildman–Crippen MR) is 160 cm³/mol. The zero-order valence-electron chi connectivity index (χ0n) is 20.9. The van der Waals surface area contributed by atoms with E-state index in [-0.39, 0.29) is 0 Å². The Morgan fingerprint density at radius 2 is 1.13 bits per heavy atom. The average Bonchev–Trinajstić information content (AvgIpc) is 3.47. The van der Waals surface area contributed by atoms with Gasteiger partial charge in [0.2, 0.25) is 0 Å². The first-order valence-corrected chi connectivity index (χ1v) is 13.5. The van der Waals surface area contributed by atoms with Crippen LogP contribution in [0, 0.1) is 0 Å². The molecule has 5 heteroatoms. The van der Waals surface area contributed by atoms with Crippen LogP contribution in [0.5, 0.6) is 0 Å². The van der Waals surface area contributed by atoms with Crippen molar-refractivity contribution in [1.82, 2.24) is 19.9 Å². The Morgan fingerprint density at radius 3 is 1.92 bits per heavy atom. The maximum atomic E-state index is 5.03. The van der Waals surface area contributed by atoms with Gasteiger partial charge in [0.05, 0.1) is 4.88 Å². The highest BCUT2D eigenvalue weighted by Gasteiger charge is 2.17. The van der Waals surface area contributed by atoms with Crippen molar-refractivity contribution < 1.29 is 0 Å². The highest BCUT2D eigenvalue weighted by atomic mass is 32.1. The zero-order chi connectivity index (χ0) is 26.0. The molecule has 0 saturated carbocycles. The van der Waals surface area contributed by atoms with Crippen LogP contribution in [-0.2, 0) is 0 Å². The van der Waals surface area contributed by atoms with E-state index in [1.807, 2.05) is 24.4 Å². The number of pyridine rings is 1. The molecule has 3 heterocycles. The largest absolute Gasteiger partial charge is 0.264 e. The number of rotatable bonds is 5. The Morgan fingerprint density at radius 1 is 0.462 bits per heavy atom. The molecule has 0 aliphatic rings. The van der Waals surface area contributed by atoms with Gasteiger partial charge < -0.3 is 0 Å². The highest BCUT2D eigenvalue weighted by Crippen LogP contribution is 2.36. The van der Waals surface area contributed by atoms with Crippen molar-refractivity contribution in [3.8, 4) is 55.7 Å². The molecule has 0 bridgehead atoms. The number of fused-ring (bicyclic) bond motifs is 1. The third kappa shape index (κ3) is 4.60. The summed E-state index contributed by atoms with van der Waals surface area (Å²) in [4.78, 5) is 20.3. The van der Waals surface area contributed by atoms with Crippen molar-refractivity contribution >= 4 is 21.4 Å². The Labute approximate surface area is 230 Å². The quantitative estimate of drug-likeness (QED) is 0.228. The second kappa shape index (κ2) is 10.0. The summed E-state index contributed by atoms with van der Waals surface area (Å²) in [5.41, 5.74) is 6.29. The molecular weight excluding hydrogens is 496 g/mol. The summed E-state index contributed by atoms with van der Waals surface area (Å²) in [7, 11) is 0. The summed E-state index contributed by atoms with van der Waals surface area (Å²) in [6.07, 6.45) is 3.66. The summed E-state index contributed by atoms with van der Waals surface area (Å²) in [6, 6.07) is 41.5. The van der Waals surface area contributed by atoms with Crippen molar-refractivity contribution in [3.05, 3.63) is 134 Å². The normalized spacial score (nSPS) is 11.1. The summed E-state index contributed by atoms with van der Waals surface area (Å²) < 4.78 is 1.21. The molecule has 0 aliphatic heterocycles. The molecule has 4 nitrogen and oxygen atoms in total. The van der Waals surface area contributed by atoms with Crippen LogP contribution in [0.1, 0.15) is 0 Å². The second-order valence-corrected chi connectivity index (χ2v) is 10.3. The van der Waals surface area contributed by atoms with Gasteiger partial charge in [-0.1, -0.05) is 103 Å². The lowest BCUT2D eigenvalue weighted by Gasteiger charge is -2.11. The van der Waals surface area contributed by atoms with E-state index in [2.05, 4.69) is 108 Å². The highest BCUT2D eigenvalue weighted by molar-refractivity contribution is 7.22. The molecule has 0 atom stereocenters. The topological polar surface area (TPSA) is 51.6 Å². The average molecular weight is 519 g/mol. The van der Waals surface area contributed by atoms with Gasteiger partial charge in [-0.2, -0.15) is 0 Å². The number of benzene rings is 4. The second-order valence-electron chi connectivity index (χ2n) is 9.19. The zero-order valence-corrected chi connectivity index (χ0v) is 21.7. The first-order valence-electron chi connectivity index (χ1n) is 12.7. The van der Waals surface area contributed by atoms with Crippen molar-refractivity contribution in [1.29, 1.82) is 0 Å². The van der Waals surface area contributed by atoms with Crippen LogP contribution in [0.4, 0.5) is 0 Å². The van der Waals surface area contributed by atoms with Crippen LogP contribution in [-0.4, -0.2) is 19.9 Å². The van der Waals surface area contributed by atoms with Gasteiger partial charge in [-0.3, -0.25) is 4.98 Å². The van der Waals surface area contributed by atoms with Crippen molar-refractivity contribution in [2.75, 3.05) is 0 Å². The van der Waals surface area contributed by atoms with Crippen LogP contribution in [0.3, 0.4) is 0 Å². The Bertz CT molecular complexity index is 1860. The Kier molecular flexibility index (Phi) is 5.96. The summed E-state index contributed by atoms with van der Waals surface area (Å²) in [5.74, 6) is 1.98. The molecule has 3 aromatic heterocycles. The molecule has 4 aromatic carbocycles. The predicted octanol–water partition coefficient (Wildman–Crippen LogP) is 8.82. The Balaban J connectivity index is 1.40. The molecule has 0 N–H and O–H groups in total. The lowest BCUT2D eigenvalue weighted by Crippen LogP contribution is -2.00. The van der Waals surface area contributed by atoms with Crippen molar-refractivity contribution in [2.45, 2.75) is 0 Å². The molecule has 7 rings (SSSR count). The summed E-state index contributed by atoms with van der Waals surface area (Å²) in [5, 5.41) is 1.19. The Hall–Kier alpha value is -5.00. The molecule has 0 spiro atoms. The van der Waals surface area contributed by atoms with E-state index >= 15 is 0 Å². The van der Waals surface area contributed by atoms with Gasteiger partial charge in [-0.05, 0) is 45.8 Å². The summed E-state index contributed by atoms with van der Waals surface area (Å²) in [6.45, 7) is 0. The fraction of sp³-hybridized carbons (Fsp3) is 0. The lowest BCUT2D eigenvalue weighted by molar-refractivity contribution is 1.08. The lowest BCUT2D eigenvalue weighted by atomic mass is 9.99. The van der Waals surface area contributed by atoms with Gasteiger partial charge in [-0.25, -0.2) is 15.0 Å². The van der Waals surface area contributed by atoms with Crippen LogP contribution in [0.2, 0.25) is 0 Å². The third-order valence-corrected chi connectivity index (χ3v) is 7.78. The van der Waals surface area contributed by atoms with E-state index in [1.165, 1.54) is 10.1 Å². The third-order valence-electron chi connectivity index (χ3n) is 6.67. The van der Waals surface area contributed by atoms with Crippen LogP contribution < -0.4 is 0 Å². The number of hydrogen-bond acceptors (Lipinski definition) is 5. The molecule has 0 radical (unpaired) electrons.